The molecule has 0 N–H and O–H groups in total. The van der Waals surface area contributed by atoms with Crippen LogP contribution in [0.15, 0.2) is 97.1 Å². The first kappa shape index (κ1) is 17.8. The number of benzene rings is 3. The number of aryl methyl sites for hydroxylation is 1. The highest BCUT2D eigenvalue weighted by molar-refractivity contribution is 6.10. The zero-order chi connectivity index (χ0) is 20.9. The van der Waals surface area contributed by atoms with E-state index >= 15 is 0 Å². The maximum atomic E-state index is 13.6. The third-order valence-corrected chi connectivity index (χ3v) is 5.95. The summed E-state index contributed by atoms with van der Waals surface area (Å²) < 4.78 is 15.9. The molecule has 0 amide bonds. The Morgan fingerprint density at radius 1 is 0.613 bits per heavy atom. The SMILES string of the molecule is Cc1ccc2nc(-c3ccc(F)cc3)c3c(-c4ccccc4)c(-c4ccccc4)c1n23. The number of rotatable bonds is 3. The lowest BCUT2D eigenvalue weighted by atomic mass is 9.94. The second-order valence-corrected chi connectivity index (χ2v) is 7.86. The van der Waals surface area contributed by atoms with Gasteiger partial charge in [-0.05, 0) is 53.9 Å². The van der Waals surface area contributed by atoms with Gasteiger partial charge in [0, 0.05) is 16.7 Å². The van der Waals surface area contributed by atoms with E-state index in [1.807, 2.05) is 24.3 Å². The molecule has 6 aromatic rings. The van der Waals surface area contributed by atoms with Crippen LogP contribution in [0.1, 0.15) is 5.56 Å². The van der Waals surface area contributed by atoms with Gasteiger partial charge in [0.05, 0.1) is 16.7 Å². The van der Waals surface area contributed by atoms with Crippen LogP contribution < -0.4 is 0 Å². The highest BCUT2D eigenvalue weighted by Crippen LogP contribution is 2.46. The summed E-state index contributed by atoms with van der Waals surface area (Å²) in [6, 6.07) is 31.8. The van der Waals surface area contributed by atoms with Gasteiger partial charge in [-0.15, -0.1) is 0 Å². The van der Waals surface area contributed by atoms with Gasteiger partial charge >= 0.3 is 0 Å². The summed E-state index contributed by atoms with van der Waals surface area (Å²) in [6.07, 6.45) is 0. The lowest BCUT2D eigenvalue weighted by molar-refractivity contribution is 0.628. The van der Waals surface area contributed by atoms with Gasteiger partial charge < -0.3 is 0 Å². The molecule has 148 valence electrons. The largest absolute Gasteiger partial charge is 0.291 e. The van der Waals surface area contributed by atoms with E-state index in [2.05, 4.69) is 72.0 Å². The summed E-state index contributed by atoms with van der Waals surface area (Å²) in [5.74, 6) is -0.246. The highest BCUT2D eigenvalue weighted by Gasteiger charge is 2.26. The summed E-state index contributed by atoms with van der Waals surface area (Å²) in [5, 5.41) is 0. The van der Waals surface area contributed by atoms with Crippen molar-refractivity contribution in [2.24, 2.45) is 0 Å². The number of imidazole rings is 1. The van der Waals surface area contributed by atoms with Crippen molar-refractivity contribution in [1.82, 2.24) is 9.38 Å². The molecule has 0 aliphatic heterocycles. The van der Waals surface area contributed by atoms with Crippen molar-refractivity contribution in [2.45, 2.75) is 6.92 Å². The van der Waals surface area contributed by atoms with Crippen molar-refractivity contribution >= 4 is 16.7 Å². The number of nitrogens with zero attached hydrogens (tertiary/aromatic N) is 2. The van der Waals surface area contributed by atoms with E-state index in [-0.39, 0.29) is 5.82 Å². The summed E-state index contributed by atoms with van der Waals surface area (Å²) in [6.45, 7) is 2.15. The molecule has 0 aliphatic carbocycles. The fraction of sp³-hybridized carbons (Fsp3) is 0.0357. The molecule has 31 heavy (non-hydrogen) atoms. The monoisotopic (exact) mass is 402 g/mol. The maximum absolute atomic E-state index is 13.6. The quantitative estimate of drug-likeness (QED) is 0.302. The van der Waals surface area contributed by atoms with Gasteiger partial charge in [0.25, 0.3) is 0 Å². The Labute approximate surface area is 179 Å². The second kappa shape index (κ2) is 6.78. The van der Waals surface area contributed by atoms with Crippen LogP contribution in [0.4, 0.5) is 4.39 Å². The fourth-order valence-corrected chi connectivity index (χ4v) is 4.59. The molecule has 0 radical (unpaired) electrons. The lowest BCUT2D eigenvalue weighted by Gasteiger charge is -2.09. The Bertz CT molecular complexity index is 1520. The van der Waals surface area contributed by atoms with E-state index in [1.54, 1.807) is 0 Å². The van der Waals surface area contributed by atoms with Gasteiger partial charge in [-0.25, -0.2) is 9.37 Å². The topological polar surface area (TPSA) is 17.3 Å². The average Bonchev–Trinajstić information content (AvgIpc) is 3.36. The van der Waals surface area contributed by atoms with Crippen LogP contribution in [0.25, 0.3) is 50.2 Å². The zero-order valence-corrected chi connectivity index (χ0v) is 17.0. The van der Waals surface area contributed by atoms with Crippen molar-refractivity contribution in [3.63, 3.8) is 0 Å². The Balaban J connectivity index is 1.84. The first-order chi connectivity index (χ1) is 15.2. The number of aromatic nitrogens is 2. The molecule has 3 aromatic carbocycles. The molecule has 3 aromatic heterocycles. The second-order valence-electron chi connectivity index (χ2n) is 7.86. The predicted molar refractivity (Wildman–Crippen MR) is 125 cm³/mol. The number of halogens is 1. The third-order valence-electron chi connectivity index (χ3n) is 5.95. The van der Waals surface area contributed by atoms with Crippen LogP contribution >= 0.6 is 0 Å². The smallest absolute Gasteiger partial charge is 0.138 e. The minimum atomic E-state index is -0.246. The Kier molecular flexibility index (Phi) is 3.90. The van der Waals surface area contributed by atoms with Gasteiger partial charge in [0.15, 0.2) is 0 Å². The third kappa shape index (κ3) is 2.67. The molecule has 0 bridgehead atoms. The average molecular weight is 402 g/mol. The normalized spacial score (nSPS) is 11.5. The zero-order valence-electron chi connectivity index (χ0n) is 17.0. The summed E-state index contributed by atoms with van der Waals surface area (Å²) in [7, 11) is 0. The molecular formula is C28H19FN2. The molecule has 2 nitrogen and oxygen atoms in total. The Morgan fingerprint density at radius 3 is 1.81 bits per heavy atom. The van der Waals surface area contributed by atoms with Crippen LogP contribution in [-0.2, 0) is 0 Å². The molecule has 3 heterocycles. The summed E-state index contributed by atoms with van der Waals surface area (Å²) in [5.41, 5.74) is 10.8. The predicted octanol–water partition coefficient (Wildman–Crippen LogP) is 7.37. The molecule has 6 rings (SSSR count). The molecule has 0 saturated carbocycles. The van der Waals surface area contributed by atoms with Gasteiger partial charge in [-0.1, -0.05) is 66.7 Å². The van der Waals surface area contributed by atoms with Gasteiger partial charge in [-0.2, -0.15) is 0 Å². The van der Waals surface area contributed by atoms with Gasteiger partial charge in [0.2, 0.25) is 0 Å². The van der Waals surface area contributed by atoms with Crippen molar-refractivity contribution in [3.8, 4) is 33.5 Å². The van der Waals surface area contributed by atoms with Crippen LogP contribution in [0.2, 0.25) is 0 Å². The Hall–Kier alpha value is -3.98. The minimum absolute atomic E-state index is 0.246. The molecule has 0 saturated heterocycles. The van der Waals surface area contributed by atoms with Crippen molar-refractivity contribution in [1.29, 1.82) is 0 Å². The van der Waals surface area contributed by atoms with E-state index in [0.717, 1.165) is 33.5 Å². The lowest BCUT2D eigenvalue weighted by Crippen LogP contribution is -1.88. The standard InChI is InChI=1S/C28H19FN2/c1-18-12-17-23-30-26(21-13-15-22(29)16-14-21)28-25(20-10-6-3-7-11-20)24(27(18)31(23)28)19-8-4-2-5-9-19/h2-17H,1H3. The summed E-state index contributed by atoms with van der Waals surface area (Å²) in [4.78, 5) is 4.98. The van der Waals surface area contributed by atoms with Crippen molar-refractivity contribution in [3.05, 3.63) is 108 Å². The molecule has 3 heteroatoms. The first-order valence-electron chi connectivity index (χ1n) is 10.4. The fourth-order valence-electron chi connectivity index (χ4n) is 4.59. The van der Waals surface area contributed by atoms with E-state index in [9.17, 15) is 4.39 Å². The molecule has 0 unspecified atom stereocenters. The Morgan fingerprint density at radius 2 is 1.19 bits per heavy atom. The van der Waals surface area contributed by atoms with E-state index in [1.165, 1.54) is 34.3 Å². The van der Waals surface area contributed by atoms with E-state index < -0.39 is 0 Å². The van der Waals surface area contributed by atoms with Gasteiger partial charge in [-0.3, -0.25) is 4.40 Å². The number of hydrogen-bond acceptors (Lipinski definition) is 1. The van der Waals surface area contributed by atoms with Crippen LogP contribution in [0, 0.1) is 12.7 Å². The molecule has 0 fully saturated rings. The summed E-state index contributed by atoms with van der Waals surface area (Å²) >= 11 is 0. The van der Waals surface area contributed by atoms with Crippen molar-refractivity contribution in [2.75, 3.05) is 0 Å². The van der Waals surface area contributed by atoms with Crippen molar-refractivity contribution < 1.29 is 4.39 Å². The number of pyridine rings is 1. The van der Waals surface area contributed by atoms with Crippen LogP contribution in [0.3, 0.4) is 0 Å². The number of hydrogen-bond donors (Lipinski definition) is 0. The molecular weight excluding hydrogens is 383 g/mol. The first-order valence-corrected chi connectivity index (χ1v) is 10.4. The highest BCUT2D eigenvalue weighted by atomic mass is 19.1. The van der Waals surface area contributed by atoms with Crippen LogP contribution in [-0.4, -0.2) is 9.38 Å². The molecule has 0 atom stereocenters. The van der Waals surface area contributed by atoms with E-state index in [0.29, 0.717) is 0 Å². The minimum Gasteiger partial charge on any atom is -0.291 e. The van der Waals surface area contributed by atoms with Gasteiger partial charge in [0.1, 0.15) is 11.5 Å². The van der Waals surface area contributed by atoms with E-state index in [4.69, 9.17) is 4.98 Å². The molecule has 0 spiro atoms. The van der Waals surface area contributed by atoms with Crippen LogP contribution in [0.5, 0.6) is 0 Å². The molecule has 0 aliphatic rings. The maximum Gasteiger partial charge on any atom is 0.138 e.